The van der Waals surface area contributed by atoms with Gasteiger partial charge in [0.2, 0.25) is 5.91 Å². The van der Waals surface area contributed by atoms with Crippen LogP contribution in [-0.4, -0.2) is 17.0 Å². The minimum absolute atomic E-state index is 0.0486. The molecule has 0 spiro atoms. The van der Waals surface area contributed by atoms with Gasteiger partial charge in [0, 0.05) is 0 Å². The van der Waals surface area contributed by atoms with Crippen LogP contribution < -0.4 is 5.32 Å². The second kappa shape index (κ2) is 4.68. The van der Waals surface area contributed by atoms with Crippen LogP contribution in [0.25, 0.3) is 0 Å². The number of hydrogen-bond acceptors (Lipinski definition) is 2. The van der Waals surface area contributed by atoms with Crippen molar-refractivity contribution in [3.63, 3.8) is 0 Å². The average Bonchev–Trinajstić information content (AvgIpc) is 3.19. The molecule has 1 fully saturated rings. The SMILES string of the molecule is O=C(O)[C@@H]1C[C@H]1C(=O)N[C@H]1CCCc2ccccc21. The molecule has 100 valence electrons. The molecule has 2 aliphatic carbocycles. The summed E-state index contributed by atoms with van der Waals surface area (Å²) in [4.78, 5) is 22.8. The van der Waals surface area contributed by atoms with Crippen LogP contribution in [0.15, 0.2) is 24.3 Å². The Kier molecular flexibility index (Phi) is 3.01. The monoisotopic (exact) mass is 259 g/mol. The number of aryl methyl sites for hydroxylation is 1. The molecule has 1 aromatic carbocycles. The van der Waals surface area contributed by atoms with E-state index in [0.29, 0.717) is 6.42 Å². The van der Waals surface area contributed by atoms with E-state index in [1.165, 1.54) is 11.1 Å². The van der Waals surface area contributed by atoms with Crippen LogP contribution >= 0.6 is 0 Å². The third-order valence-corrected chi connectivity index (χ3v) is 4.13. The van der Waals surface area contributed by atoms with E-state index in [-0.39, 0.29) is 17.9 Å². The Bertz CT molecular complexity index is 526. The highest BCUT2D eigenvalue weighted by atomic mass is 16.4. The third-order valence-electron chi connectivity index (χ3n) is 4.13. The number of aliphatic carboxylic acids is 1. The van der Waals surface area contributed by atoms with E-state index in [0.717, 1.165) is 19.3 Å². The molecule has 0 unspecified atom stereocenters. The topological polar surface area (TPSA) is 66.4 Å². The molecule has 4 nitrogen and oxygen atoms in total. The first kappa shape index (κ1) is 12.2. The van der Waals surface area contributed by atoms with Gasteiger partial charge in [-0.1, -0.05) is 24.3 Å². The van der Waals surface area contributed by atoms with E-state index in [1.807, 2.05) is 12.1 Å². The van der Waals surface area contributed by atoms with Gasteiger partial charge in [-0.3, -0.25) is 9.59 Å². The maximum atomic E-state index is 12.0. The fraction of sp³-hybridized carbons (Fsp3) is 0.467. The number of carboxylic acid groups (broad SMARTS) is 1. The Balaban J connectivity index is 1.68. The Labute approximate surface area is 111 Å². The van der Waals surface area contributed by atoms with E-state index in [9.17, 15) is 9.59 Å². The van der Waals surface area contributed by atoms with Crippen LogP contribution in [0.2, 0.25) is 0 Å². The van der Waals surface area contributed by atoms with Gasteiger partial charge in [0.25, 0.3) is 0 Å². The highest BCUT2D eigenvalue weighted by Crippen LogP contribution is 2.40. The lowest BCUT2D eigenvalue weighted by molar-refractivity contribution is -0.140. The maximum absolute atomic E-state index is 12.0. The molecular formula is C15H17NO3. The van der Waals surface area contributed by atoms with E-state index in [2.05, 4.69) is 17.4 Å². The molecule has 2 N–H and O–H groups in total. The van der Waals surface area contributed by atoms with Crippen LogP contribution in [0.5, 0.6) is 0 Å². The standard InChI is InChI=1S/C15H17NO3/c17-14(11-8-12(11)15(18)19)16-13-7-3-5-9-4-1-2-6-10(9)13/h1-2,4,6,11-13H,3,5,7-8H2,(H,16,17)(H,18,19)/t11-,12-,13+/m1/s1. The summed E-state index contributed by atoms with van der Waals surface area (Å²) in [6.45, 7) is 0. The zero-order valence-electron chi connectivity index (χ0n) is 10.6. The van der Waals surface area contributed by atoms with Crippen molar-refractivity contribution in [3.05, 3.63) is 35.4 Å². The largest absolute Gasteiger partial charge is 0.481 e. The summed E-state index contributed by atoms with van der Waals surface area (Å²) in [6.07, 6.45) is 3.54. The van der Waals surface area contributed by atoms with Gasteiger partial charge in [0.05, 0.1) is 17.9 Å². The van der Waals surface area contributed by atoms with Gasteiger partial charge in [-0.25, -0.2) is 0 Å². The smallest absolute Gasteiger partial charge is 0.307 e. The van der Waals surface area contributed by atoms with E-state index in [1.54, 1.807) is 0 Å². The summed E-state index contributed by atoms with van der Waals surface area (Å²) in [5.74, 6) is -1.76. The molecule has 1 aromatic rings. The maximum Gasteiger partial charge on any atom is 0.307 e. The molecule has 4 heteroatoms. The number of carbonyl (C=O) groups is 2. The van der Waals surface area contributed by atoms with Crippen molar-refractivity contribution >= 4 is 11.9 Å². The molecular weight excluding hydrogens is 242 g/mol. The summed E-state index contributed by atoms with van der Waals surface area (Å²) in [5, 5.41) is 11.9. The molecule has 0 aromatic heterocycles. The molecule has 19 heavy (non-hydrogen) atoms. The summed E-state index contributed by atoms with van der Waals surface area (Å²) in [7, 11) is 0. The molecule has 0 saturated heterocycles. The van der Waals surface area contributed by atoms with Gasteiger partial charge in [-0.2, -0.15) is 0 Å². The lowest BCUT2D eigenvalue weighted by Crippen LogP contribution is -2.32. The average molecular weight is 259 g/mol. The minimum atomic E-state index is -0.857. The van der Waals surface area contributed by atoms with Crippen molar-refractivity contribution in [1.29, 1.82) is 0 Å². The van der Waals surface area contributed by atoms with Crippen LogP contribution in [0.4, 0.5) is 0 Å². The lowest BCUT2D eigenvalue weighted by atomic mass is 9.87. The number of benzene rings is 1. The Morgan fingerprint density at radius 3 is 2.74 bits per heavy atom. The van der Waals surface area contributed by atoms with Crippen molar-refractivity contribution in [2.75, 3.05) is 0 Å². The van der Waals surface area contributed by atoms with E-state index in [4.69, 9.17) is 5.11 Å². The summed E-state index contributed by atoms with van der Waals surface area (Å²) < 4.78 is 0. The second-order valence-corrected chi connectivity index (χ2v) is 5.44. The number of hydrogen-bond donors (Lipinski definition) is 2. The van der Waals surface area contributed by atoms with Gasteiger partial charge >= 0.3 is 5.97 Å². The molecule has 1 amide bonds. The molecule has 0 heterocycles. The van der Waals surface area contributed by atoms with Crippen LogP contribution in [0.1, 0.15) is 36.4 Å². The van der Waals surface area contributed by atoms with Gasteiger partial charge in [-0.15, -0.1) is 0 Å². The van der Waals surface area contributed by atoms with Gasteiger partial charge in [-0.05, 0) is 36.8 Å². The fourth-order valence-corrected chi connectivity index (χ4v) is 2.94. The molecule has 0 bridgehead atoms. The summed E-state index contributed by atoms with van der Waals surface area (Å²) in [5.41, 5.74) is 2.49. The van der Waals surface area contributed by atoms with Crippen LogP contribution in [0.3, 0.4) is 0 Å². The first-order valence-corrected chi connectivity index (χ1v) is 6.78. The van der Waals surface area contributed by atoms with E-state index < -0.39 is 11.9 Å². The van der Waals surface area contributed by atoms with Crippen molar-refractivity contribution < 1.29 is 14.7 Å². The number of carboxylic acids is 1. The third kappa shape index (κ3) is 2.35. The Hall–Kier alpha value is -1.84. The number of carbonyl (C=O) groups excluding carboxylic acids is 1. The van der Waals surface area contributed by atoms with Crippen LogP contribution in [0, 0.1) is 11.8 Å². The summed E-state index contributed by atoms with van der Waals surface area (Å²) in [6, 6.07) is 8.21. The zero-order chi connectivity index (χ0) is 13.4. The zero-order valence-corrected chi connectivity index (χ0v) is 10.6. The molecule has 0 radical (unpaired) electrons. The Morgan fingerprint density at radius 2 is 2.00 bits per heavy atom. The van der Waals surface area contributed by atoms with Crippen molar-refractivity contribution in [2.45, 2.75) is 31.7 Å². The highest BCUT2D eigenvalue weighted by Gasteiger charge is 2.48. The van der Waals surface area contributed by atoms with E-state index >= 15 is 0 Å². The van der Waals surface area contributed by atoms with Gasteiger partial charge in [0.15, 0.2) is 0 Å². The molecule has 2 aliphatic rings. The number of fused-ring (bicyclic) bond motifs is 1. The molecule has 3 rings (SSSR count). The Morgan fingerprint density at radius 1 is 1.21 bits per heavy atom. The number of nitrogens with one attached hydrogen (secondary N) is 1. The quantitative estimate of drug-likeness (QED) is 0.871. The number of amides is 1. The lowest BCUT2D eigenvalue weighted by Gasteiger charge is -2.26. The minimum Gasteiger partial charge on any atom is -0.481 e. The van der Waals surface area contributed by atoms with Gasteiger partial charge in [0.1, 0.15) is 0 Å². The van der Waals surface area contributed by atoms with Crippen molar-refractivity contribution in [2.24, 2.45) is 11.8 Å². The first-order chi connectivity index (χ1) is 9.16. The number of rotatable bonds is 3. The van der Waals surface area contributed by atoms with Crippen LogP contribution in [-0.2, 0) is 16.0 Å². The molecule has 0 aliphatic heterocycles. The first-order valence-electron chi connectivity index (χ1n) is 6.78. The predicted molar refractivity (Wildman–Crippen MR) is 69.5 cm³/mol. The fourth-order valence-electron chi connectivity index (χ4n) is 2.94. The molecule has 1 saturated carbocycles. The van der Waals surface area contributed by atoms with Gasteiger partial charge < -0.3 is 10.4 Å². The summed E-state index contributed by atoms with van der Waals surface area (Å²) >= 11 is 0. The normalized spacial score (nSPS) is 28.3. The van der Waals surface area contributed by atoms with Crippen molar-refractivity contribution in [1.82, 2.24) is 5.32 Å². The molecule has 3 atom stereocenters. The van der Waals surface area contributed by atoms with Crippen molar-refractivity contribution in [3.8, 4) is 0 Å². The predicted octanol–water partition coefficient (Wildman–Crippen LogP) is 1.90. The second-order valence-electron chi connectivity index (χ2n) is 5.44. The highest BCUT2D eigenvalue weighted by molar-refractivity contribution is 5.89.